The Morgan fingerprint density at radius 1 is 1.11 bits per heavy atom. The Labute approximate surface area is 205 Å². The van der Waals surface area contributed by atoms with Gasteiger partial charge < -0.3 is 15.4 Å². The third-order valence-electron chi connectivity index (χ3n) is 6.56. The topological polar surface area (TPSA) is 133 Å². The fourth-order valence-electron chi connectivity index (χ4n) is 4.52. The van der Waals surface area contributed by atoms with E-state index < -0.39 is 6.23 Å². The number of rotatable bonds is 6. The first-order valence-corrected chi connectivity index (χ1v) is 11.9. The van der Waals surface area contributed by atoms with Crippen molar-refractivity contribution in [2.45, 2.75) is 26.0 Å². The molecule has 1 aliphatic rings. The number of nitrogens with zero attached hydrogens (tertiary/aromatic N) is 6. The molecule has 6 aromatic rings. The molecule has 1 unspecified atom stereocenters. The molecule has 0 bridgehead atoms. The molecule has 1 saturated carbocycles. The van der Waals surface area contributed by atoms with Crippen molar-refractivity contribution in [1.82, 2.24) is 39.7 Å². The molecule has 0 saturated heterocycles. The van der Waals surface area contributed by atoms with Gasteiger partial charge in [-0.2, -0.15) is 5.10 Å². The minimum absolute atomic E-state index is 0.321. The number of H-pyrrole nitrogens is 2. The van der Waals surface area contributed by atoms with Crippen LogP contribution in [0.25, 0.3) is 50.4 Å². The quantitative estimate of drug-likeness (QED) is 0.264. The maximum Gasteiger partial charge on any atom is 0.147 e. The van der Waals surface area contributed by atoms with E-state index in [0.717, 1.165) is 74.6 Å². The van der Waals surface area contributed by atoms with Gasteiger partial charge in [0.25, 0.3) is 0 Å². The number of aromatic nitrogens is 8. The highest BCUT2D eigenvalue weighted by Gasteiger charge is 2.29. The molecule has 36 heavy (non-hydrogen) atoms. The lowest BCUT2D eigenvalue weighted by atomic mass is 10.1. The summed E-state index contributed by atoms with van der Waals surface area (Å²) in [5.41, 5.74) is 7.43. The number of anilines is 1. The number of pyridine rings is 3. The van der Waals surface area contributed by atoms with E-state index in [-0.39, 0.29) is 0 Å². The fourth-order valence-corrected chi connectivity index (χ4v) is 4.52. The SMILES string of the molecule is Cc1cn(-c2nccc3[nH]c(-c4n[nH]c5ccc(-c6cncc(NC(O)C7CC7)c6)nc45)cc23)cn1. The number of aryl methyl sites for hydroxylation is 1. The van der Waals surface area contributed by atoms with Crippen LogP contribution in [0.15, 0.2) is 61.4 Å². The highest BCUT2D eigenvalue weighted by molar-refractivity contribution is 5.96. The van der Waals surface area contributed by atoms with Gasteiger partial charge in [-0.1, -0.05) is 0 Å². The number of nitrogens with one attached hydrogen (secondary N) is 3. The second-order valence-electron chi connectivity index (χ2n) is 9.25. The maximum atomic E-state index is 10.3. The lowest BCUT2D eigenvalue weighted by Crippen LogP contribution is -2.20. The van der Waals surface area contributed by atoms with Crippen molar-refractivity contribution in [3.63, 3.8) is 0 Å². The molecule has 4 N–H and O–H groups in total. The van der Waals surface area contributed by atoms with Gasteiger partial charge >= 0.3 is 0 Å². The van der Waals surface area contributed by atoms with Gasteiger partial charge in [-0.3, -0.25) is 14.6 Å². The summed E-state index contributed by atoms with van der Waals surface area (Å²) in [5, 5.41) is 22.0. The first kappa shape index (κ1) is 20.8. The largest absolute Gasteiger partial charge is 0.374 e. The van der Waals surface area contributed by atoms with Gasteiger partial charge in [-0.15, -0.1) is 0 Å². The van der Waals surface area contributed by atoms with E-state index in [9.17, 15) is 5.11 Å². The molecule has 1 fully saturated rings. The van der Waals surface area contributed by atoms with Crippen molar-refractivity contribution in [3.8, 4) is 28.5 Å². The van der Waals surface area contributed by atoms with Gasteiger partial charge in [0.15, 0.2) is 0 Å². The smallest absolute Gasteiger partial charge is 0.147 e. The predicted octanol–water partition coefficient (Wildman–Crippen LogP) is 4.20. The number of aliphatic hydroxyl groups excluding tert-OH is 1. The summed E-state index contributed by atoms with van der Waals surface area (Å²) in [6.07, 6.45) is 10.5. The van der Waals surface area contributed by atoms with Gasteiger partial charge in [0.1, 0.15) is 29.6 Å². The number of aromatic amines is 2. The van der Waals surface area contributed by atoms with E-state index in [0.29, 0.717) is 5.92 Å². The molecule has 1 aliphatic carbocycles. The van der Waals surface area contributed by atoms with Crippen LogP contribution in [0.4, 0.5) is 5.69 Å². The average Bonchev–Trinajstić information content (AvgIpc) is 3.30. The molecule has 0 amide bonds. The summed E-state index contributed by atoms with van der Waals surface area (Å²) in [4.78, 5) is 21.7. The Balaban J connectivity index is 1.28. The van der Waals surface area contributed by atoms with Crippen molar-refractivity contribution in [3.05, 3.63) is 67.1 Å². The fraction of sp³-hybridized carbons (Fsp3) is 0.192. The molecule has 0 aromatic carbocycles. The number of fused-ring (bicyclic) bond motifs is 2. The van der Waals surface area contributed by atoms with Crippen LogP contribution in [0, 0.1) is 12.8 Å². The zero-order chi connectivity index (χ0) is 24.2. The van der Waals surface area contributed by atoms with Crippen LogP contribution in [0.3, 0.4) is 0 Å². The molecule has 7 rings (SSSR count). The summed E-state index contributed by atoms with van der Waals surface area (Å²) in [7, 11) is 0. The minimum Gasteiger partial charge on any atom is -0.374 e. The Kier molecular flexibility index (Phi) is 4.61. The van der Waals surface area contributed by atoms with Crippen LogP contribution in [0.1, 0.15) is 18.5 Å². The number of hydrogen-bond donors (Lipinski definition) is 4. The van der Waals surface area contributed by atoms with E-state index in [4.69, 9.17) is 4.98 Å². The molecular weight excluding hydrogens is 454 g/mol. The highest BCUT2D eigenvalue weighted by atomic mass is 16.3. The second-order valence-corrected chi connectivity index (χ2v) is 9.25. The zero-order valence-corrected chi connectivity index (χ0v) is 19.5. The van der Waals surface area contributed by atoms with Gasteiger partial charge in [-0.25, -0.2) is 15.0 Å². The monoisotopic (exact) mass is 477 g/mol. The van der Waals surface area contributed by atoms with Crippen LogP contribution in [0.2, 0.25) is 0 Å². The molecule has 0 spiro atoms. The molecule has 178 valence electrons. The van der Waals surface area contributed by atoms with Crippen LogP contribution in [-0.4, -0.2) is 51.0 Å². The molecule has 10 heteroatoms. The Morgan fingerprint density at radius 2 is 2.03 bits per heavy atom. The maximum absolute atomic E-state index is 10.3. The Hall–Kier alpha value is -4.57. The number of aliphatic hydroxyl groups is 1. The summed E-state index contributed by atoms with van der Waals surface area (Å²) < 4.78 is 1.92. The summed E-state index contributed by atoms with van der Waals surface area (Å²) in [6, 6.07) is 9.86. The standard InChI is InChI=1S/C26H23N9O/c1-14-12-35(13-29-14)25-18-9-22(31-20(18)6-7-28-25)24-23-21(33-34-24)5-4-19(32-23)16-8-17(11-27-10-16)30-26(36)15-2-3-15/h4-13,15,26,30-31,36H,2-3H2,1H3,(H,33,34). The summed E-state index contributed by atoms with van der Waals surface area (Å²) >= 11 is 0. The molecule has 6 heterocycles. The van der Waals surface area contributed by atoms with E-state index >= 15 is 0 Å². The van der Waals surface area contributed by atoms with Gasteiger partial charge in [0, 0.05) is 35.5 Å². The van der Waals surface area contributed by atoms with Crippen molar-refractivity contribution < 1.29 is 5.11 Å². The van der Waals surface area contributed by atoms with E-state index in [1.807, 2.05) is 48.0 Å². The molecule has 0 aliphatic heterocycles. The Bertz CT molecular complexity index is 1730. The van der Waals surface area contributed by atoms with E-state index in [2.05, 4.69) is 35.5 Å². The lowest BCUT2D eigenvalue weighted by molar-refractivity contribution is 0.180. The lowest BCUT2D eigenvalue weighted by Gasteiger charge is -2.13. The molecule has 6 aromatic heterocycles. The first-order chi connectivity index (χ1) is 17.6. The van der Waals surface area contributed by atoms with Crippen molar-refractivity contribution in [2.24, 2.45) is 5.92 Å². The average molecular weight is 478 g/mol. The van der Waals surface area contributed by atoms with Gasteiger partial charge in [0.05, 0.1) is 40.0 Å². The van der Waals surface area contributed by atoms with Crippen LogP contribution in [-0.2, 0) is 0 Å². The number of hydrogen-bond acceptors (Lipinski definition) is 7. The second kappa shape index (κ2) is 7.99. The minimum atomic E-state index is -0.550. The van der Waals surface area contributed by atoms with Crippen molar-refractivity contribution >= 4 is 27.6 Å². The third kappa shape index (κ3) is 3.59. The van der Waals surface area contributed by atoms with E-state index in [1.165, 1.54) is 0 Å². The molecule has 1 atom stereocenters. The van der Waals surface area contributed by atoms with Crippen molar-refractivity contribution in [1.29, 1.82) is 0 Å². The van der Waals surface area contributed by atoms with Crippen LogP contribution < -0.4 is 5.32 Å². The molecular formula is C26H23N9O. The van der Waals surface area contributed by atoms with E-state index in [1.54, 1.807) is 24.9 Å². The van der Waals surface area contributed by atoms with Gasteiger partial charge in [-0.05, 0) is 50.1 Å². The van der Waals surface area contributed by atoms with Crippen LogP contribution in [0.5, 0.6) is 0 Å². The molecule has 0 radical (unpaired) electrons. The highest BCUT2D eigenvalue weighted by Crippen LogP contribution is 2.34. The Morgan fingerprint density at radius 3 is 2.86 bits per heavy atom. The van der Waals surface area contributed by atoms with Crippen LogP contribution >= 0.6 is 0 Å². The molecule has 10 nitrogen and oxygen atoms in total. The summed E-state index contributed by atoms with van der Waals surface area (Å²) in [5.74, 6) is 1.12. The van der Waals surface area contributed by atoms with Crippen molar-refractivity contribution in [2.75, 3.05) is 5.32 Å². The number of imidazole rings is 1. The normalized spacial score (nSPS) is 14.5. The van der Waals surface area contributed by atoms with Gasteiger partial charge in [0.2, 0.25) is 0 Å². The first-order valence-electron chi connectivity index (χ1n) is 11.9. The predicted molar refractivity (Wildman–Crippen MR) is 136 cm³/mol. The summed E-state index contributed by atoms with van der Waals surface area (Å²) in [6.45, 7) is 1.95. The zero-order valence-electron chi connectivity index (χ0n) is 19.5. The third-order valence-corrected chi connectivity index (χ3v) is 6.56.